The van der Waals surface area contributed by atoms with Gasteiger partial charge >= 0.3 is 0 Å². The minimum Gasteiger partial charge on any atom is -0.298 e. The van der Waals surface area contributed by atoms with Crippen molar-refractivity contribution in [2.24, 2.45) is 0 Å². The van der Waals surface area contributed by atoms with Gasteiger partial charge in [0.2, 0.25) is 0 Å². The molecule has 0 saturated heterocycles. The molecule has 0 N–H and O–H groups in total. The predicted molar refractivity (Wildman–Crippen MR) is 68.4 cm³/mol. The van der Waals surface area contributed by atoms with Crippen LogP contribution in [0.3, 0.4) is 0 Å². The zero-order valence-electron chi connectivity index (χ0n) is 7.72. The van der Waals surface area contributed by atoms with Crippen molar-refractivity contribution in [3.63, 3.8) is 0 Å². The van der Waals surface area contributed by atoms with Gasteiger partial charge in [-0.2, -0.15) is 0 Å². The van der Waals surface area contributed by atoms with E-state index in [-0.39, 0.29) is 5.78 Å². The summed E-state index contributed by atoms with van der Waals surface area (Å²) in [5, 5.41) is 0.420. The lowest BCUT2D eigenvalue weighted by Crippen LogP contribution is -2.04. The number of halogens is 2. The molecule has 0 bridgehead atoms. The Morgan fingerprint density at radius 3 is 2.79 bits per heavy atom. The molecule has 0 atom stereocenters. The first-order valence-electron chi connectivity index (χ1n) is 4.08. The van der Waals surface area contributed by atoms with E-state index >= 15 is 0 Å². The summed E-state index contributed by atoms with van der Waals surface area (Å²) in [6.07, 6.45) is 2.51. The molecule has 0 aliphatic carbocycles. The van der Waals surface area contributed by atoms with Gasteiger partial charge in [0.05, 0.1) is 5.33 Å². The fourth-order valence-corrected chi connectivity index (χ4v) is 2.72. The van der Waals surface area contributed by atoms with Gasteiger partial charge in [-0.25, -0.2) is 0 Å². The van der Waals surface area contributed by atoms with Crippen LogP contribution < -0.4 is 0 Å². The first-order valence-corrected chi connectivity index (χ1v) is 7.22. The fourth-order valence-electron chi connectivity index (χ4n) is 1.11. The van der Waals surface area contributed by atoms with Crippen molar-refractivity contribution in [2.75, 3.05) is 11.6 Å². The van der Waals surface area contributed by atoms with Gasteiger partial charge in [-0.1, -0.05) is 28.1 Å². The monoisotopic (exact) mass is 336 g/mol. The summed E-state index contributed by atoms with van der Waals surface area (Å²) in [5.74, 6) is 0.198. The van der Waals surface area contributed by atoms with Gasteiger partial charge in [0.15, 0.2) is 0 Å². The highest BCUT2D eigenvalue weighted by Crippen LogP contribution is 2.29. The first-order chi connectivity index (χ1) is 6.69. The number of carbonyl (C=O) groups is 1. The second kappa shape index (κ2) is 5.93. The van der Waals surface area contributed by atoms with E-state index in [0.29, 0.717) is 11.8 Å². The minimum absolute atomic E-state index is 0.198. The molecular formula is C10H10Br2OS. The normalized spacial score (nSPS) is 10.2. The molecule has 14 heavy (non-hydrogen) atoms. The van der Waals surface area contributed by atoms with Crippen LogP contribution in [0, 0.1) is 0 Å². The number of carbonyl (C=O) groups excluding carboxylic acids is 1. The number of ketones is 1. The van der Waals surface area contributed by atoms with Crippen LogP contribution in [0.4, 0.5) is 0 Å². The summed E-state index contributed by atoms with van der Waals surface area (Å²) in [5.41, 5.74) is 1.06. The molecule has 0 spiro atoms. The molecule has 0 radical (unpaired) electrons. The van der Waals surface area contributed by atoms with Crippen molar-refractivity contribution >= 4 is 49.4 Å². The van der Waals surface area contributed by atoms with Crippen LogP contribution in [-0.2, 0) is 11.2 Å². The van der Waals surface area contributed by atoms with Crippen LogP contribution in [0.5, 0.6) is 0 Å². The van der Waals surface area contributed by atoms with Gasteiger partial charge in [-0.3, -0.25) is 4.79 Å². The van der Waals surface area contributed by atoms with Gasteiger partial charge in [0.1, 0.15) is 5.78 Å². The van der Waals surface area contributed by atoms with E-state index in [2.05, 4.69) is 31.9 Å². The molecule has 0 aliphatic rings. The second-order valence-corrected chi connectivity index (χ2v) is 4.98. The molecule has 0 aromatic heterocycles. The maximum Gasteiger partial charge on any atom is 0.147 e. The highest BCUT2D eigenvalue weighted by Gasteiger charge is 2.08. The Bertz CT molecular complexity index is 339. The Kier molecular flexibility index (Phi) is 5.20. The van der Waals surface area contributed by atoms with E-state index in [1.54, 1.807) is 11.8 Å². The molecule has 0 fully saturated rings. The molecule has 0 saturated carbocycles. The number of thioether (sulfide) groups is 1. The Morgan fingerprint density at radius 1 is 1.50 bits per heavy atom. The highest BCUT2D eigenvalue weighted by molar-refractivity contribution is 9.10. The van der Waals surface area contributed by atoms with Crippen molar-refractivity contribution in [3.05, 3.63) is 28.2 Å². The number of rotatable bonds is 4. The van der Waals surface area contributed by atoms with Crippen LogP contribution in [-0.4, -0.2) is 17.4 Å². The van der Waals surface area contributed by atoms with Crippen molar-refractivity contribution < 1.29 is 4.79 Å². The lowest BCUT2D eigenvalue weighted by molar-refractivity contribution is -0.115. The van der Waals surface area contributed by atoms with Crippen molar-refractivity contribution in [3.8, 4) is 0 Å². The third kappa shape index (κ3) is 3.11. The quantitative estimate of drug-likeness (QED) is 0.616. The van der Waals surface area contributed by atoms with Gasteiger partial charge in [-0.15, -0.1) is 11.8 Å². The average Bonchev–Trinajstić information content (AvgIpc) is 2.21. The van der Waals surface area contributed by atoms with Crippen LogP contribution in [0.25, 0.3) is 0 Å². The molecule has 1 aromatic rings. The summed E-state index contributed by atoms with van der Waals surface area (Å²) in [4.78, 5) is 12.4. The van der Waals surface area contributed by atoms with E-state index in [1.165, 1.54) is 4.90 Å². The lowest BCUT2D eigenvalue weighted by atomic mass is 10.1. The molecule has 0 unspecified atom stereocenters. The molecule has 4 heteroatoms. The number of alkyl halides is 1. The summed E-state index contributed by atoms with van der Waals surface area (Å²) in [6, 6.07) is 5.99. The van der Waals surface area contributed by atoms with Crippen LogP contribution in [0.15, 0.2) is 27.6 Å². The zero-order chi connectivity index (χ0) is 10.6. The topological polar surface area (TPSA) is 17.1 Å². The Labute approximate surface area is 105 Å². The number of hydrogen-bond donors (Lipinski definition) is 0. The summed E-state index contributed by atoms with van der Waals surface area (Å²) >= 11 is 8.35. The van der Waals surface area contributed by atoms with Crippen LogP contribution in [0.1, 0.15) is 5.56 Å². The zero-order valence-corrected chi connectivity index (χ0v) is 11.7. The van der Waals surface area contributed by atoms with E-state index in [4.69, 9.17) is 0 Å². The standard InChI is InChI=1S/C10H10Br2OS/c1-14-9-4-2-3-7(10(9)12)5-8(13)6-11/h2-4H,5-6H2,1H3. The smallest absolute Gasteiger partial charge is 0.147 e. The van der Waals surface area contributed by atoms with Gasteiger partial charge in [0, 0.05) is 15.8 Å². The lowest BCUT2D eigenvalue weighted by Gasteiger charge is -2.06. The maximum absolute atomic E-state index is 11.3. The molecule has 0 amide bonds. The second-order valence-electron chi connectivity index (χ2n) is 2.78. The Morgan fingerprint density at radius 2 is 2.21 bits per heavy atom. The van der Waals surface area contributed by atoms with E-state index < -0.39 is 0 Å². The largest absolute Gasteiger partial charge is 0.298 e. The molecule has 76 valence electrons. The first kappa shape index (κ1) is 12.3. The average molecular weight is 338 g/mol. The summed E-state index contributed by atoms with van der Waals surface area (Å²) in [7, 11) is 0. The maximum atomic E-state index is 11.3. The molecule has 0 aliphatic heterocycles. The van der Waals surface area contributed by atoms with E-state index in [0.717, 1.165) is 10.0 Å². The number of Topliss-reactive ketones (excluding diaryl/α,β-unsaturated/α-hetero) is 1. The third-order valence-corrected chi connectivity index (χ3v) is 4.40. The van der Waals surface area contributed by atoms with Crippen LogP contribution in [0.2, 0.25) is 0 Å². The predicted octanol–water partition coefficient (Wildman–Crippen LogP) is 3.68. The third-order valence-electron chi connectivity index (χ3n) is 1.80. The Balaban J connectivity index is 2.92. The highest BCUT2D eigenvalue weighted by atomic mass is 79.9. The molecule has 1 aromatic carbocycles. The molecular weight excluding hydrogens is 328 g/mol. The van der Waals surface area contributed by atoms with Crippen molar-refractivity contribution in [1.82, 2.24) is 0 Å². The van der Waals surface area contributed by atoms with E-state index in [9.17, 15) is 4.79 Å². The molecule has 1 nitrogen and oxygen atoms in total. The number of hydrogen-bond acceptors (Lipinski definition) is 2. The SMILES string of the molecule is CSc1cccc(CC(=O)CBr)c1Br. The molecule has 0 heterocycles. The summed E-state index contributed by atoms with van der Waals surface area (Å²) < 4.78 is 1.04. The number of benzene rings is 1. The molecule has 1 rings (SSSR count). The van der Waals surface area contributed by atoms with Crippen molar-refractivity contribution in [1.29, 1.82) is 0 Å². The van der Waals surface area contributed by atoms with Crippen molar-refractivity contribution in [2.45, 2.75) is 11.3 Å². The van der Waals surface area contributed by atoms with E-state index in [1.807, 2.05) is 24.5 Å². The summed E-state index contributed by atoms with van der Waals surface area (Å²) in [6.45, 7) is 0. The minimum atomic E-state index is 0.198. The van der Waals surface area contributed by atoms with Gasteiger partial charge in [-0.05, 0) is 33.8 Å². The Hall–Kier alpha value is 0.200. The van der Waals surface area contributed by atoms with Gasteiger partial charge < -0.3 is 0 Å². The fraction of sp³-hybridized carbons (Fsp3) is 0.300. The van der Waals surface area contributed by atoms with Crippen LogP contribution >= 0.6 is 43.6 Å². The van der Waals surface area contributed by atoms with Gasteiger partial charge in [0.25, 0.3) is 0 Å².